The molecule has 9 nitrogen and oxygen atoms in total. The number of imidazole rings is 1. The third-order valence-electron chi connectivity index (χ3n) is 5.87. The average Bonchev–Trinajstić information content (AvgIpc) is 3.34. The number of hydrogen-bond donors (Lipinski definition) is 2. The molecular formula is C24H24ClN5O4. The van der Waals surface area contributed by atoms with Gasteiger partial charge < -0.3 is 19.9 Å². The van der Waals surface area contributed by atoms with E-state index in [0.717, 1.165) is 10.5 Å². The van der Waals surface area contributed by atoms with Crippen molar-refractivity contribution in [2.45, 2.75) is 18.5 Å². The number of hydrogen-bond acceptors (Lipinski definition) is 5. The van der Waals surface area contributed by atoms with Crippen LogP contribution in [0.5, 0.6) is 5.75 Å². The van der Waals surface area contributed by atoms with Crippen molar-refractivity contribution in [2.24, 2.45) is 7.05 Å². The number of urea groups is 1. The van der Waals surface area contributed by atoms with E-state index in [-0.39, 0.29) is 0 Å². The van der Waals surface area contributed by atoms with Crippen LogP contribution in [0.2, 0.25) is 5.02 Å². The average molecular weight is 482 g/mol. The molecule has 4 amide bonds. The first kappa shape index (κ1) is 23.3. The largest absolute Gasteiger partial charge is 0.497 e. The van der Waals surface area contributed by atoms with Crippen molar-refractivity contribution >= 4 is 29.4 Å². The number of nitrogens with one attached hydrogen (secondary N) is 2. The van der Waals surface area contributed by atoms with Crippen molar-refractivity contribution < 1.29 is 19.1 Å². The third kappa shape index (κ3) is 4.34. The molecule has 34 heavy (non-hydrogen) atoms. The van der Waals surface area contributed by atoms with E-state index < -0.39 is 36.0 Å². The maximum atomic E-state index is 13.2. The van der Waals surface area contributed by atoms with Gasteiger partial charge in [-0.05, 0) is 42.3 Å². The summed E-state index contributed by atoms with van der Waals surface area (Å²) in [4.78, 5) is 44.1. The summed E-state index contributed by atoms with van der Waals surface area (Å²) in [6, 6.07) is 12.6. The second-order valence-electron chi connectivity index (χ2n) is 8.12. The zero-order valence-corrected chi connectivity index (χ0v) is 19.7. The molecule has 1 aliphatic rings. The molecule has 1 fully saturated rings. The molecule has 1 aliphatic heterocycles. The first-order valence-electron chi connectivity index (χ1n) is 10.5. The monoisotopic (exact) mass is 481 g/mol. The molecule has 0 unspecified atom stereocenters. The van der Waals surface area contributed by atoms with Gasteiger partial charge in [-0.25, -0.2) is 9.78 Å². The Morgan fingerprint density at radius 2 is 1.85 bits per heavy atom. The van der Waals surface area contributed by atoms with Gasteiger partial charge in [0.25, 0.3) is 5.91 Å². The van der Waals surface area contributed by atoms with Gasteiger partial charge in [0.1, 0.15) is 29.7 Å². The lowest BCUT2D eigenvalue weighted by atomic mass is 9.92. The van der Waals surface area contributed by atoms with Gasteiger partial charge in [-0.3, -0.25) is 14.5 Å². The Balaban J connectivity index is 1.53. The van der Waals surface area contributed by atoms with E-state index >= 15 is 0 Å². The number of amides is 4. The highest BCUT2D eigenvalue weighted by Gasteiger charge is 2.49. The molecule has 0 radical (unpaired) electrons. The normalized spacial score (nSPS) is 18.5. The van der Waals surface area contributed by atoms with Gasteiger partial charge in [0.2, 0.25) is 5.91 Å². The highest BCUT2D eigenvalue weighted by atomic mass is 35.5. The number of carbonyl (C=O) groups is 3. The third-order valence-corrected chi connectivity index (χ3v) is 6.12. The van der Waals surface area contributed by atoms with E-state index in [1.807, 2.05) is 7.05 Å². The highest BCUT2D eigenvalue weighted by molar-refractivity contribution is 6.30. The Kier molecular flexibility index (Phi) is 6.30. The summed E-state index contributed by atoms with van der Waals surface area (Å²) < 4.78 is 6.94. The molecule has 4 rings (SSSR count). The first-order valence-corrected chi connectivity index (χ1v) is 10.9. The van der Waals surface area contributed by atoms with Crippen LogP contribution in [0.15, 0.2) is 60.9 Å². The van der Waals surface area contributed by atoms with E-state index in [2.05, 4.69) is 15.6 Å². The highest BCUT2D eigenvalue weighted by Crippen LogP contribution is 2.30. The van der Waals surface area contributed by atoms with Crippen LogP contribution >= 0.6 is 11.6 Å². The number of methoxy groups -OCH3 is 1. The summed E-state index contributed by atoms with van der Waals surface area (Å²) in [5.41, 5.74) is 0.0488. The molecule has 176 valence electrons. The second kappa shape index (κ2) is 9.18. The number of aromatic nitrogens is 2. The number of ether oxygens (including phenoxy) is 1. The van der Waals surface area contributed by atoms with Crippen molar-refractivity contribution in [3.8, 4) is 5.75 Å². The number of aryl methyl sites for hydroxylation is 1. The number of benzene rings is 2. The summed E-state index contributed by atoms with van der Waals surface area (Å²) in [6.45, 7) is 1.17. The van der Waals surface area contributed by atoms with Crippen LogP contribution in [-0.2, 0) is 22.2 Å². The van der Waals surface area contributed by atoms with Crippen LogP contribution in [0.25, 0.3) is 0 Å². The van der Waals surface area contributed by atoms with Crippen LogP contribution in [-0.4, -0.2) is 46.0 Å². The predicted octanol–water partition coefficient (Wildman–Crippen LogP) is 2.75. The molecule has 0 saturated carbocycles. The fourth-order valence-corrected chi connectivity index (χ4v) is 4.04. The maximum absolute atomic E-state index is 13.2. The summed E-state index contributed by atoms with van der Waals surface area (Å²) in [7, 11) is 3.36. The van der Waals surface area contributed by atoms with E-state index in [4.69, 9.17) is 16.3 Å². The number of nitrogens with zero attached hydrogens (tertiary/aromatic N) is 3. The van der Waals surface area contributed by atoms with E-state index in [1.54, 1.807) is 79.5 Å². The Hall–Kier alpha value is -3.85. The summed E-state index contributed by atoms with van der Waals surface area (Å²) in [6.07, 6.45) is 3.39. The molecule has 1 saturated heterocycles. The minimum absolute atomic E-state index is 0.440. The maximum Gasteiger partial charge on any atom is 0.325 e. The van der Waals surface area contributed by atoms with Gasteiger partial charge in [0.15, 0.2) is 0 Å². The van der Waals surface area contributed by atoms with Crippen molar-refractivity contribution in [2.75, 3.05) is 13.7 Å². The van der Waals surface area contributed by atoms with Crippen molar-refractivity contribution in [3.05, 3.63) is 82.9 Å². The van der Waals surface area contributed by atoms with Crippen LogP contribution in [0.4, 0.5) is 4.79 Å². The van der Waals surface area contributed by atoms with Gasteiger partial charge in [-0.1, -0.05) is 35.9 Å². The number of halogens is 1. The van der Waals surface area contributed by atoms with Gasteiger partial charge in [0.05, 0.1) is 7.11 Å². The lowest BCUT2D eigenvalue weighted by Crippen LogP contribution is -2.44. The van der Waals surface area contributed by atoms with E-state index in [0.29, 0.717) is 22.2 Å². The van der Waals surface area contributed by atoms with Gasteiger partial charge in [-0.2, -0.15) is 0 Å². The lowest BCUT2D eigenvalue weighted by Gasteiger charge is -2.23. The van der Waals surface area contributed by atoms with Crippen LogP contribution < -0.4 is 15.4 Å². The molecule has 10 heteroatoms. The van der Waals surface area contributed by atoms with Gasteiger partial charge in [-0.15, -0.1) is 0 Å². The molecule has 0 bridgehead atoms. The van der Waals surface area contributed by atoms with Crippen LogP contribution in [0, 0.1) is 0 Å². The Bertz CT molecular complexity index is 1220. The zero-order chi connectivity index (χ0) is 24.5. The van der Waals surface area contributed by atoms with Crippen LogP contribution in [0.3, 0.4) is 0 Å². The zero-order valence-electron chi connectivity index (χ0n) is 18.9. The quantitative estimate of drug-likeness (QED) is 0.505. The summed E-state index contributed by atoms with van der Waals surface area (Å²) in [5.74, 6) is 0.196. The SMILES string of the molecule is COc1ccc([C@@]2(C)NC(=O)N(CC(=O)N[C@H](c3ccc(Cl)cc3)c3nccn3C)C2=O)cc1. The molecule has 2 heterocycles. The van der Waals surface area contributed by atoms with Crippen LogP contribution in [0.1, 0.15) is 29.9 Å². The first-order chi connectivity index (χ1) is 16.2. The molecule has 3 aromatic rings. The van der Waals surface area contributed by atoms with E-state index in [9.17, 15) is 14.4 Å². The van der Waals surface area contributed by atoms with Crippen molar-refractivity contribution in [1.82, 2.24) is 25.1 Å². The molecule has 1 aromatic heterocycles. The molecule has 2 N–H and O–H groups in total. The molecule has 2 atom stereocenters. The number of rotatable bonds is 7. The minimum atomic E-state index is -1.29. The fraction of sp³-hybridized carbons (Fsp3) is 0.250. The Labute approximate surface area is 201 Å². The standard InChI is InChI=1S/C24H24ClN5O4/c1-24(16-6-10-18(34-3)11-7-16)22(32)30(23(33)28-24)14-19(31)27-20(21-26-12-13-29(21)2)15-4-8-17(25)9-5-15/h4-13,20H,14H2,1-3H3,(H,27,31)(H,28,33)/t20-,24-/m1/s1. The summed E-state index contributed by atoms with van der Waals surface area (Å²) >= 11 is 6.01. The predicted molar refractivity (Wildman–Crippen MR) is 125 cm³/mol. The lowest BCUT2D eigenvalue weighted by molar-refractivity contribution is -0.135. The second-order valence-corrected chi connectivity index (χ2v) is 8.56. The Morgan fingerprint density at radius 1 is 1.18 bits per heavy atom. The summed E-state index contributed by atoms with van der Waals surface area (Å²) in [5, 5.41) is 6.15. The number of imide groups is 1. The Morgan fingerprint density at radius 3 is 2.44 bits per heavy atom. The number of carbonyl (C=O) groups excluding carboxylic acids is 3. The topological polar surface area (TPSA) is 106 Å². The van der Waals surface area contributed by atoms with Crippen molar-refractivity contribution in [1.29, 1.82) is 0 Å². The van der Waals surface area contributed by atoms with Crippen molar-refractivity contribution in [3.63, 3.8) is 0 Å². The molecule has 0 spiro atoms. The van der Waals surface area contributed by atoms with Gasteiger partial charge in [0, 0.05) is 24.5 Å². The molecule has 0 aliphatic carbocycles. The molecule has 2 aromatic carbocycles. The minimum Gasteiger partial charge on any atom is -0.497 e. The van der Waals surface area contributed by atoms with E-state index in [1.165, 1.54) is 0 Å². The fourth-order valence-electron chi connectivity index (χ4n) is 3.92. The smallest absolute Gasteiger partial charge is 0.325 e. The molecular weight excluding hydrogens is 458 g/mol. The van der Waals surface area contributed by atoms with Gasteiger partial charge >= 0.3 is 6.03 Å².